The van der Waals surface area contributed by atoms with Crippen LogP contribution in [0.15, 0.2) is 36.7 Å². The Morgan fingerprint density at radius 1 is 1.05 bits per heavy atom. The van der Waals surface area contributed by atoms with Gasteiger partial charge in [0.15, 0.2) is 0 Å². The number of sulfonamides is 1. The molecule has 7 atom stereocenters. The number of ether oxygens (including phenoxy) is 1. The summed E-state index contributed by atoms with van der Waals surface area (Å²) in [6, 6.07) is -0.0721. The molecule has 2 aliphatic carbocycles. The molecule has 1 saturated heterocycles. The first kappa shape index (κ1) is 46.4. The van der Waals surface area contributed by atoms with Crippen molar-refractivity contribution < 1.29 is 50.6 Å². The second-order valence-electron chi connectivity index (χ2n) is 17.7. The van der Waals surface area contributed by atoms with Crippen molar-refractivity contribution >= 4 is 56.5 Å². The van der Waals surface area contributed by atoms with Gasteiger partial charge in [0.25, 0.3) is 5.91 Å². The summed E-state index contributed by atoms with van der Waals surface area (Å²) >= 11 is 2.80. The number of hydrogen-bond donors (Lipinski definition) is 3. The van der Waals surface area contributed by atoms with Gasteiger partial charge in [0.2, 0.25) is 21.8 Å². The monoisotopic (exact) mass is 935 g/mol. The van der Waals surface area contributed by atoms with E-state index in [0.29, 0.717) is 60.9 Å². The number of aryl methyl sites for hydroxylation is 2. The average Bonchev–Trinajstić information content (AvgIpc) is 4.02. The fourth-order valence-corrected chi connectivity index (χ4v) is 11.4. The molecular formula is C42H52F3N7O8S3. The number of amides is 4. The van der Waals surface area contributed by atoms with Gasteiger partial charge in [0, 0.05) is 46.6 Å². The molecule has 2 saturated carbocycles. The lowest BCUT2D eigenvalue weighted by Gasteiger charge is -2.46. The van der Waals surface area contributed by atoms with E-state index in [1.54, 1.807) is 37.5 Å². The molecule has 2 aliphatic heterocycles. The van der Waals surface area contributed by atoms with E-state index in [4.69, 9.17) is 9.72 Å². The van der Waals surface area contributed by atoms with Crippen molar-refractivity contribution in [1.82, 2.24) is 34.8 Å². The van der Waals surface area contributed by atoms with Crippen molar-refractivity contribution in [3.63, 3.8) is 0 Å². The minimum atomic E-state index is -5.10. The maximum Gasteiger partial charge on any atom is 0.411 e. The number of hydrogen-bond acceptors (Lipinski definition) is 12. The quantitative estimate of drug-likeness (QED) is 0.179. The third-order valence-corrected chi connectivity index (χ3v) is 16.2. The normalized spacial score (nSPS) is 27.6. The molecular weight excluding hydrogens is 884 g/mol. The van der Waals surface area contributed by atoms with Crippen molar-refractivity contribution in [2.75, 3.05) is 6.54 Å². The van der Waals surface area contributed by atoms with Crippen LogP contribution in [-0.2, 0) is 24.4 Å². The summed E-state index contributed by atoms with van der Waals surface area (Å²) in [6.45, 7) is 8.42. The van der Waals surface area contributed by atoms with E-state index in [-0.39, 0.29) is 48.8 Å². The molecule has 0 bridgehead atoms. The summed E-state index contributed by atoms with van der Waals surface area (Å²) in [4.78, 5) is 74.0. The maximum atomic E-state index is 15.3. The van der Waals surface area contributed by atoms with Gasteiger partial charge in [-0.1, -0.05) is 32.4 Å². The number of pyridine rings is 1. The largest absolute Gasteiger partial charge is 0.488 e. The van der Waals surface area contributed by atoms with E-state index in [9.17, 15) is 41.1 Å². The van der Waals surface area contributed by atoms with Crippen LogP contribution >= 0.6 is 22.7 Å². The molecule has 3 fully saturated rings. The van der Waals surface area contributed by atoms with Gasteiger partial charge in [-0.05, 0) is 78.1 Å². The molecule has 63 heavy (non-hydrogen) atoms. The number of rotatable bonds is 10. The summed E-state index contributed by atoms with van der Waals surface area (Å²) < 4.78 is 79.4. The highest BCUT2D eigenvalue weighted by molar-refractivity contribution is 7.91. The summed E-state index contributed by atoms with van der Waals surface area (Å²) in [5, 5.41) is 13.8. The van der Waals surface area contributed by atoms with Crippen LogP contribution in [0, 0.1) is 31.6 Å². The minimum Gasteiger partial charge on any atom is -0.488 e. The van der Waals surface area contributed by atoms with Gasteiger partial charge in [0.05, 0.1) is 11.8 Å². The highest BCUT2D eigenvalue weighted by atomic mass is 32.2. The van der Waals surface area contributed by atoms with Crippen molar-refractivity contribution in [2.24, 2.45) is 17.8 Å². The smallest absolute Gasteiger partial charge is 0.411 e. The number of aromatic nitrogens is 3. The number of alkyl halides is 3. The molecule has 7 rings (SSSR count). The Bertz CT molecular complexity index is 2340. The second-order valence-corrected chi connectivity index (χ2v) is 22.2. The van der Waals surface area contributed by atoms with Gasteiger partial charge in [-0.2, -0.15) is 13.2 Å². The third-order valence-electron chi connectivity index (χ3n) is 12.5. The van der Waals surface area contributed by atoms with Crippen LogP contribution in [0.1, 0.15) is 88.8 Å². The Kier molecular flexibility index (Phi) is 12.8. The zero-order valence-corrected chi connectivity index (χ0v) is 38.2. The van der Waals surface area contributed by atoms with E-state index < -0.39 is 86.4 Å². The molecule has 5 heterocycles. The Morgan fingerprint density at radius 2 is 1.67 bits per heavy atom. The lowest BCUT2D eigenvalue weighted by atomic mass is 9.82. The number of carboxylic acid groups (broad SMARTS) is 1. The second kappa shape index (κ2) is 17.4. The molecule has 0 unspecified atom stereocenters. The predicted octanol–water partition coefficient (Wildman–Crippen LogP) is 6.87. The van der Waals surface area contributed by atoms with Crippen LogP contribution in [0.2, 0.25) is 0 Å². The highest BCUT2D eigenvalue weighted by Crippen LogP contribution is 2.47. The van der Waals surface area contributed by atoms with Gasteiger partial charge in [-0.25, -0.2) is 28.2 Å². The first-order valence-electron chi connectivity index (χ1n) is 21.0. The number of carbonyl (C=O) groups excluding carboxylic acids is 3. The number of fused-ring (bicyclic) bond motifs is 2. The van der Waals surface area contributed by atoms with Gasteiger partial charge in [0.1, 0.15) is 56.4 Å². The Balaban J connectivity index is 1.31. The fraction of sp³-hybridized carbons (Fsp3) is 0.595. The molecule has 3 aromatic rings. The lowest BCUT2D eigenvalue weighted by molar-refractivity contribution is -0.222. The molecule has 342 valence electrons. The van der Waals surface area contributed by atoms with E-state index >= 15 is 4.79 Å². The van der Waals surface area contributed by atoms with Gasteiger partial charge in [-0.3, -0.25) is 24.0 Å². The summed E-state index contributed by atoms with van der Waals surface area (Å²) in [6.07, 6.45) is 0.832. The van der Waals surface area contributed by atoms with Crippen LogP contribution < -0.4 is 14.8 Å². The number of allylic oxidation sites excluding steroid dienone is 1. The number of thiazole rings is 2. The topological polar surface area (TPSA) is 201 Å². The predicted molar refractivity (Wildman–Crippen MR) is 229 cm³/mol. The van der Waals surface area contributed by atoms with E-state index in [0.717, 1.165) is 14.7 Å². The number of halogens is 3. The molecule has 3 aromatic heterocycles. The Morgan fingerprint density at radius 3 is 2.19 bits per heavy atom. The lowest BCUT2D eigenvalue weighted by Crippen LogP contribution is -2.66. The Labute approximate surface area is 372 Å². The zero-order chi connectivity index (χ0) is 45.8. The van der Waals surface area contributed by atoms with Crippen LogP contribution in [0.5, 0.6) is 5.75 Å². The molecule has 3 N–H and O–H groups in total. The van der Waals surface area contributed by atoms with Gasteiger partial charge >= 0.3 is 12.3 Å². The summed E-state index contributed by atoms with van der Waals surface area (Å²) in [7, 11) is -4.04. The first-order chi connectivity index (χ1) is 29.5. The molecule has 4 aliphatic rings. The maximum absolute atomic E-state index is 15.3. The standard InChI is InChI=1S/C42H52F3N7O8S3/c1-7-25-14-22(2)10-8-9-11-26-18-41(26,38(55)50-63(58,59)29-12-13-29)49-34(53)32-17-28(21-51(32)37(54)33(25)52(39(56)57)40(5,6)42(43,44)45)60-27-15-30(35-46-19-23(3)61-35)48-31(16-27)36-47-20-24(4)62-36/h9,11,15-16,19-20,22,25-26,28-29,32-33H,7-8,10,12-14,17-18,21H2,1-6H3,(H,49,53)(H,50,55)(H,56,57)/b11-9-/t22-,25-,26-,28-,32+,33+,41-/m1/s1. The molecule has 4 amide bonds. The third kappa shape index (κ3) is 9.60. The van der Waals surface area contributed by atoms with Gasteiger partial charge < -0.3 is 20.1 Å². The van der Waals surface area contributed by atoms with Crippen LogP contribution in [0.25, 0.3) is 21.4 Å². The first-order valence-corrected chi connectivity index (χ1v) is 24.2. The fourth-order valence-electron chi connectivity index (χ4n) is 8.60. The van der Waals surface area contributed by atoms with Gasteiger partial charge in [-0.15, -0.1) is 22.7 Å². The number of carbonyl (C=O) groups is 4. The van der Waals surface area contributed by atoms with E-state index in [2.05, 4.69) is 20.0 Å². The molecule has 21 heteroatoms. The Hall–Kier alpha value is -4.63. The molecule has 0 aromatic carbocycles. The molecule has 0 radical (unpaired) electrons. The van der Waals surface area contributed by atoms with Crippen molar-refractivity contribution in [1.29, 1.82) is 0 Å². The molecule has 15 nitrogen and oxygen atoms in total. The van der Waals surface area contributed by atoms with Crippen LogP contribution in [0.4, 0.5) is 18.0 Å². The number of nitrogens with zero attached hydrogens (tertiary/aromatic N) is 5. The van der Waals surface area contributed by atoms with Crippen molar-refractivity contribution in [3.05, 3.63) is 46.4 Å². The van der Waals surface area contributed by atoms with E-state index in [1.807, 2.05) is 26.8 Å². The van der Waals surface area contributed by atoms with Crippen molar-refractivity contribution in [2.45, 2.75) is 134 Å². The van der Waals surface area contributed by atoms with E-state index in [1.165, 1.54) is 22.7 Å². The molecule has 0 spiro atoms. The summed E-state index contributed by atoms with van der Waals surface area (Å²) in [5.41, 5.74) is -3.83. The van der Waals surface area contributed by atoms with Crippen molar-refractivity contribution in [3.8, 4) is 27.2 Å². The summed E-state index contributed by atoms with van der Waals surface area (Å²) in [5.74, 6) is -4.26. The van der Waals surface area contributed by atoms with Crippen LogP contribution in [-0.4, -0.2) is 109 Å². The highest BCUT2D eigenvalue weighted by Gasteiger charge is 2.63. The SMILES string of the molecule is CC[C@@H]1C[C@H](C)CC/C=C\[C@@H]2C[C@@]2(C(=O)NS(=O)(=O)C2CC2)NC(=O)[C@@H]2C[C@@H](Oc3cc(-c4ncc(C)s4)nc(-c4ncc(C)s4)c3)CN2C(=O)[C@H]1N(C(=O)O)C(C)(C)C(F)(F)F. The zero-order valence-electron chi connectivity index (χ0n) is 35.8. The number of nitrogens with one attached hydrogen (secondary N) is 2. The van der Waals surface area contributed by atoms with Crippen LogP contribution in [0.3, 0.4) is 0 Å². The minimum absolute atomic E-state index is 0.0551. The average molecular weight is 936 g/mol.